The first-order valence-corrected chi connectivity index (χ1v) is 9.20. The predicted octanol–water partition coefficient (Wildman–Crippen LogP) is 3.75. The van der Waals surface area contributed by atoms with Gasteiger partial charge in [-0.2, -0.15) is 0 Å². The fourth-order valence-corrected chi connectivity index (χ4v) is 3.57. The molecule has 26 heavy (non-hydrogen) atoms. The number of benzene rings is 2. The third-order valence-corrected chi connectivity index (χ3v) is 4.90. The first kappa shape index (κ1) is 18.9. The topological polar surface area (TPSA) is 49.8 Å². The van der Waals surface area contributed by atoms with E-state index in [1.54, 1.807) is 0 Å². The van der Waals surface area contributed by atoms with E-state index in [0.29, 0.717) is 23.7 Å². The van der Waals surface area contributed by atoms with E-state index >= 15 is 0 Å². The number of ether oxygens (including phenoxy) is 1. The maximum absolute atomic E-state index is 12.4. The number of fused-ring (bicyclic) bond motifs is 1. The fourth-order valence-electron chi connectivity index (χ4n) is 3.44. The zero-order valence-electron chi connectivity index (χ0n) is 15.1. The van der Waals surface area contributed by atoms with Crippen LogP contribution in [0.2, 0.25) is 5.02 Å². The molecule has 0 spiro atoms. The van der Waals surface area contributed by atoms with Crippen LogP contribution in [0.5, 0.6) is 5.75 Å². The maximum atomic E-state index is 12.4. The van der Waals surface area contributed by atoms with Crippen LogP contribution >= 0.6 is 11.6 Å². The maximum Gasteiger partial charge on any atom is 0.163 e. The standard InChI is InChI=1S/C21H24ClNO3/c1-23(2)12-16(24)13-26-17-7-8-19-18(9-10-21(25)20(19)11-17)14-3-5-15(22)6-4-14/h3-8,11,16,18,24H,9-10,12-13H2,1-2H3. The Morgan fingerprint density at radius 3 is 2.65 bits per heavy atom. The van der Waals surface area contributed by atoms with Crippen molar-refractivity contribution in [2.75, 3.05) is 27.2 Å². The molecule has 1 aliphatic carbocycles. The van der Waals surface area contributed by atoms with Crippen LogP contribution in [0, 0.1) is 0 Å². The summed E-state index contributed by atoms with van der Waals surface area (Å²) in [5.41, 5.74) is 2.92. The summed E-state index contributed by atoms with van der Waals surface area (Å²) in [5, 5.41) is 10.6. The van der Waals surface area contributed by atoms with Crippen LogP contribution in [0.1, 0.15) is 40.2 Å². The van der Waals surface area contributed by atoms with Gasteiger partial charge in [-0.25, -0.2) is 0 Å². The lowest BCUT2D eigenvalue weighted by Gasteiger charge is -2.26. The van der Waals surface area contributed by atoms with Gasteiger partial charge < -0.3 is 14.7 Å². The average Bonchev–Trinajstić information content (AvgIpc) is 2.61. The van der Waals surface area contributed by atoms with Crippen molar-refractivity contribution in [3.8, 4) is 5.75 Å². The van der Waals surface area contributed by atoms with Crippen LogP contribution in [-0.2, 0) is 0 Å². The Bertz CT molecular complexity index is 773. The van der Waals surface area contributed by atoms with E-state index in [-0.39, 0.29) is 18.3 Å². The van der Waals surface area contributed by atoms with Gasteiger partial charge in [0.1, 0.15) is 18.5 Å². The molecule has 0 amide bonds. The minimum Gasteiger partial charge on any atom is -0.491 e. The molecule has 0 aromatic heterocycles. The van der Waals surface area contributed by atoms with Crippen molar-refractivity contribution in [3.63, 3.8) is 0 Å². The van der Waals surface area contributed by atoms with Crippen molar-refractivity contribution >= 4 is 17.4 Å². The molecular formula is C21H24ClNO3. The number of carbonyl (C=O) groups excluding carboxylic acids is 1. The van der Waals surface area contributed by atoms with Crippen LogP contribution in [0.15, 0.2) is 42.5 Å². The van der Waals surface area contributed by atoms with Crippen LogP contribution in [0.4, 0.5) is 0 Å². The van der Waals surface area contributed by atoms with Gasteiger partial charge in [0.05, 0.1) is 0 Å². The number of aliphatic hydroxyl groups excluding tert-OH is 1. The van der Waals surface area contributed by atoms with Gasteiger partial charge in [0.25, 0.3) is 0 Å². The van der Waals surface area contributed by atoms with Crippen molar-refractivity contribution in [2.24, 2.45) is 0 Å². The molecule has 0 aliphatic heterocycles. The highest BCUT2D eigenvalue weighted by Crippen LogP contribution is 2.38. The van der Waals surface area contributed by atoms with E-state index in [2.05, 4.69) is 0 Å². The summed E-state index contributed by atoms with van der Waals surface area (Å²) >= 11 is 5.99. The molecule has 2 unspecified atom stereocenters. The number of Topliss-reactive ketones (excluding diaryl/α,β-unsaturated/α-hetero) is 1. The number of ketones is 1. The van der Waals surface area contributed by atoms with Crippen molar-refractivity contribution in [1.82, 2.24) is 4.90 Å². The van der Waals surface area contributed by atoms with E-state index in [4.69, 9.17) is 16.3 Å². The predicted molar refractivity (Wildman–Crippen MR) is 103 cm³/mol. The van der Waals surface area contributed by atoms with E-state index in [1.165, 1.54) is 5.56 Å². The fraction of sp³-hybridized carbons (Fsp3) is 0.381. The van der Waals surface area contributed by atoms with E-state index in [1.807, 2.05) is 61.5 Å². The SMILES string of the molecule is CN(C)CC(O)COc1ccc2c(c1)C(=O)CCC2c1ccc(Cl)cc1. The molecule has 0 heterocycles. The van der Waals surface area contributed by atoms with Crippen molar-refractivity contribution in [2.45, 2.75) is 24.9 Å². The number of likely N-dealkylation sites (N-methyl/N-ethyl adjacent to an activating group) is 1. The van der Waals surface area contributed by atoms with Gasteiger partial charge in [0, 0.05) is 29.5 Å². The smallest absolute Gasteiger partial charge is 0.163 e. The first-order valence-electron chi connectivity index (χ1n) is 8.82. The Hall–Kier alpha value is -1.88. The molecule has 138 valence electrons. The quantitative estimate of drug-likeness (QED) is 0.837. The number of nitrogens with zero attached hydrogens (tertiary/aromatic N) is 1. The summed E-state index contributed by atoms with van der Waals surface area (Å²) in [6.07, 6.45) is 0.751. The Morgan fingerprint density at radius 2 is 1.96 bits per heavy atom. The molecule has 3 rings (SSSR count). The number of hydrogen-bond donors (Lipinski definition) is 1. The van der Waals surface area contributed by atoms with E-state index in [0.717, 1.165) is 17.5 Å². The minimum atomic E-state index is -0.571. The zero-order valence-corrected chi connectivity index (χ0v) is 15.9. The summed E-state index contributed by atoms with van der Waals surface area (Å²) in [6, 6.07) is 13.5. The van der Waals surface area contributed by atoms with E-state index < -0.39 is 6.10 Å². The van der Waals surface area contributed by atoms with Crippen LogP contribution in [0.25, 0.3) is 0 Å². The minimum absolute atomic E-state index is 0.143. The van der Waals surface area contributed by atoms with Crippen LogP contribution in [0.3, 0.4) is 0 Å². The lowest BCUT2D eigenvalue weighted by Crippen LogP contribution is -2.30. The molecule has 0 radical (unpaired) electrons. The number of rotatable bonds is 6. The van der Waals surface area contributed by atoms with Crippen LogP contribution in [-0.4, -0.2) is 49.1 Å². The summed E-state index contributed by atoms with van der Waals surface area (Å²) in [6.45, 7) is 0.730. The molecule has 0 bridgehead atoms. The lowest BCUT2D eigenvalue weighted by molar-refractivity contribution is 0.0830. The largest absolute Gasteiger partial charge is 0.491 e. The van der Waals surface area contributed by atoms with Gasteiger partial charge in [-0.1, -0.05) is 29.8 Å². The number of halogens is 1. The molecule has 1 aliphatic rings. The van der Waals surface area contributed by atoms with E-state index in [9.17, 15) is 9.90 Å². The van der Waals surface area contributed by atoms with Gasteiger partial charge in [-0.05, 0) is 55.9 Å². The van der Waals surface area contributed by atoms with Crippen molar-refractivity contribution in [3.05, 3.63) is 64.2 Å². The van der Waals surface area contributed by atoms with Gasteiger partial charge in [-0.3, -0.25) is 4.79 Å². The monoisotopic (exact) mass is 373 g/mol. The second-order valence-corrected chi connectivity index (χ2v) is 7.48. The molecule has 0 saturated carbocycles. The Kier molecular flexibility index (Phi) is 5.97. The molecule has 0 saturated heterocycles. The summed E-state index contributed by atoms with van der Waals surface area (Å²) in [7, 11) is 3.80. The highest BCUT2D eigenvalue weighted by Gasteiger charge is 2.27. The molecular weight excluding hydrogens is 350 g/mol. The second-order valence-electron chi connectivity index (χ2n) is 7.04. The van der Waals surface area contributed by atoms with Gasteiger partial charge in [-0.15, -0.1) is 0 Å². The molecule has 4 nitrogen and oxygen atoms in total. The molecule has 2 atom stereocenters. The Balaban J connectivity index is 1.79. The third kappa shape index (κ3) is 4.44. The molecule has 0 fully saturated rings. The summed E-state index contributed by atoms with van der Waals surface area (Å²) in [5.74, 6) is 0.949. The molecule has 2 aromatic carbocycles. The Morgan fingerprint density at radius 1 is 1.23 bits per heavy atom. The Labute approximate surface area is 159 Å². The highest BCUT2D eigenvalue weighted by atomic mass is 35.5. The molecule has 5 heteroatoms. The van der Waals surface area contributed by atoms with Crippen LogP contribution < -0.4 is 4.74 Å². The summed E-state index contributed by atoms with van der Waals surface area (Å²) in [4.78, 5) is 14.3. The number of aliphatic hydroxyl groups is 1. The molecule has 2 aromatic rings. The zero-order chi connectivity index (χ0) is 18.7. The number of hydrogen-bond acceptors (Lipinski definition) is 4. The summed E-state index contributed by atoms with van der Waals surface area (Å²) < 4.78 is 5.69. The first-order chi connectivity index (χ1) is 12.4. The second kappa shape index (κ2) is 8.21. The average molecular weight is 374 g/mol. The highest BCUT2D eigenvalue weighted by molar-refractivity contribution is 6.30. The van der Waals surface area contributed by atoms with Gasteiger partial charge in [0.2, 0.25) is 0 Å². The van der Waals surface area contributed by atoms with Crippen molar-refractivity contribution < 1.29 is 14.6 Å². The number of carbonyl (C=O) groups is 1. The lowest BCUT2D eigenvalue weighted by atomic mass is 9.78. The van der Waals surface area contributed by atoms with Crippen molar-refractivity contribution in [1.29, 1.82) is 0 Å². The normalized spacial score (nSPS) is 17.9. The van der Waals surface area contributed by atoms with Gasteiger partial charge in [0.15, 0.2) is 5.78 Å². The third-order valence-electron chi connectivity index (χ3n) is 4.65. The van der Waals surface area contributed by atoms with Gasteiger partial charge >= 0.3 is 0 Å². The molecule has 1 N–H and O–H groups in total.